The first-order valence-corrected chi connectivity index (χ1v) is 8.53. The number of rotatable bonds is 6. The molecule has 1 atom stereocenters. The first-order chi connectivity index (χ1) is 11.8. The Bertz CT molecular complexity index is 628. The van der Waals surface area contributed by atoms with Gasteiger partial charge < -0.3 is 10.1 Å². The fourth-order valence-electron chi connectivity index (χ4n) is 2.89. The van der Waals surface area contributed by atoms with E-state index >= 15 is 0 Å². The van der Waals surface area contributed by atoms with Gasteiger partial charge in [0.25, 0.3) is 5.91 Å². The lowest BCUT2D eigenvalue weighted by Crippen LogP contribution is -2.61. The van der Waals surface area contributed by atoms with Gasteiger partial charge in [0, 0.05) is 25.2 Å². The average molecular weight is 367 g/mol. The molecule has 25 heavy (non-hydrogen) atoms. The van der Waals surface area contributed by atoms with Crippen molar-refractivity contribution in [3.8, 4) is 0 Å². The van der Waals surface area contributed by atoms with Crippen molar-refractivity contribution in [3.05, 3.63) is 35.0 Å². The second-order valence-electron chi connectivity index (χ2n) is 6.38. The molecular weight excluding hydrogens is 344 g/mol. The van der Waals surface area contributed by atoms with Gasteiger partial charge in [0.1, 0.15) is 5.54 Å². The van der Waals surface area contributed by atoms with Crippen LogP contribution in [0.3, 0.4) is 0 Å². The van der Waals surface area contributed by atoms with E-state index in [9.17, 15) is 14.5 Å². The summed E-state index contributed by atoms with van der Waals surface area (Å²) in [6, 6.07) is 2.05. The number of amides is 1. The van der Waals surface area contributed by atoms with Crippen LogP contribution in [0.1, 0.15) is 30.1 Å². The summed E-state index contributed by atoms with van der Waals surface area (Å²) >= 11 is 4.51. The molecule has 0 saturated carbocycles. The van der Waals surface area contributed by atoms with Crippen LogP contribution in [-0.2, 0) is 9.53 Å². The van der Waals surface area contributed by atoms with E-state index in [0.29, 0.717) is 35.4 Å². The number of hydrogen-bond acceptors (Lipinski definition) is 7. The largest absolute Gasteiger partial charge is 0.464 e. The molecule has 0 spiro atoms. The van der Waals surface area contributed by atoms with Crippen LogP contribution >= 0.6 is 12.8 Å². The molecule has 1 aromatic heterocycles. The van der Waals surface area contributed by atoms with Gasteiger partial charge in [-0.3, -0.25) is 13.7 Å². The van der Waals surface area contributed by atoms with Crippen LogP contribution in [0.4, 0.5) is 0 Å². The topological polar surface area (TPSA) is 97.7 Å². The lowest BCUT2D eigenvalue weighted by Gasteiger charge is -2.41. The van der Waals surface area contributed by atoms with Crippen molar-refractivity contribution in [1.29, 1.82) is 0 Å². The molecule has 1 fully saturated rings. The monoisotopic (exact) mass is 367 g/mol. The molecule has 1 aromatic rings. The summed E-state index contributed by atoms with van der Waals surface area (Å²) in [5, 5.41) is 5.90. The fourth-order valence-corrected chi connectivity index (χ4v) is 3.09. The SMILES string of the molecule is CCOC(=O)C(NC(=O)c1cccnc1)C1(N=O)CC[N+](C)(S)CC1. The molecule has 1 N–H and O–H groups in total. The van der Waals surface area contributed by atoms with Gasteiger partial charge in [-0.1, -0.05) is 5.18 Å². The minimum absolute atomic E-state index is 0.146. The van der Waals surface area contributed by atoms with Crippen LogP contribution in [0.15, 0.2) is 29.7 Å². The number of nitroso groups, excluding NO2 is 1. The minimum Gasteiger partial charge on any atom is -0.464 e. The highest BCUT2D eigenvalue weighted by Crippen LogP contribution is 2.34. The van der Waals surface area contributed by atoms with E-state index in [4.69, 9.17) is 4.74 Å². The van der Waals surface area contributed by atoms with Gasteiger partial charge >= 0.3 is 5.97 Å². The Balaban J connectivity index is 2.27. The van der Waals surface area contributed by atoms with Crippen LogP contribution < -0.4 is 5.32 Å². The smallest absolute Gasteiger partial charge is 0.331 e. The Morgan fingerprint density at radius 3 is 2.68 bits per heavy atom. The third-order valence-corrected chi connectivity index (χ3v) is 4.89. The van der Waals surface area contributed by atoms with Gasteiger partial charge in [0.05, 0.1) is 45.1 Å². The van der Waals surface area contributed by atoms with Crippen LogP contribution in [-0.4, -0.2) is 59.1 Å². The Morgan fingerprint density at radius 2 is 2.16 bits per heavy atom. The molecule has 0 aromatic carbocycles. The number of quaternary nitrogens is 1. The zero-order valence-corrected chi connectivity index (χ0v) is 15.2. The van der Waals surface area contributed by atoms with Crippen molar-refractivity contribution in [2.45, 2.75) is 31.3 Å². The number of likely N-dealkylation sites (tertiary alicyclic amines) is 1. The number of hydrogen-bond donors (Lipinski definition) is 2. The molecule has 0 bridgehead atoms. The molecule has 0 aliphatic carbocycles. The summed E-state index contributed by atoms with van der Waals surface area (Å²) in [6.07, 6.45) is 3.59. The van der Waals surface area contributed by atoms with Crippen LogP contribution in [0.2, 0.25) is 0 Å². The van der Waals surface area contributed by atoms with Crippen molar-refractivity contribution in [1.82, 2.24) is 10.3 Å². The lowest BCUT2D eigenvalue weighted by atomic mass is 9.81. The van der Waals surface area contributed by atoms with Gasteiger partial charge in [0.2, 0.25) is 0 Å². The Morgan fingerprint density at radius 1 is 1.48 bits per heavy atom. The number of thiol groups is 1. The van der Waals surface area contributed by atoms with Crippen molar-refractivity contribution < 1.29 is 18.2 Å². The predicted molar refractivity (Wildman–Crippen MR) is 94.8 cm³/mol. The first-order valence-electron chi connectivity index (χ1n) is 8.13. The highest BCUT2D eigenvalue weighted by Gasteiger charge is 2.51. The molecule has 1 aliphatic rings. The van der Waals surface area contributed by atoms with Gasteiger partial charge in [-0.05, 0) is 19.1 Å². The summed E-state index contributed by atoms with van der Waals surface area (Å²) in [6.45, 7) is 2.91. The zero-order chi connectivity index (χ0) is 18.5. The number of piperidine rings is 1. The lowest BCUT2D eigenvalue weighted by molar-refractivity contribution is -0.778. The number of aromatic nitrogens is 1. The standard InChI is InChI=1S/C16H22N4O4S/c1-3-24-15(22)13(18-14(21)12-5-4-8-17-11-12)16(19-23)6-9-20(2,25)10-7-16/h4-5,8,11,13,25H,3,6-7,9-10H2,1-2H3/p+1. The highest BCUT2D eigenvalue weighted by atomic mass is 32.1. The van der Waals surface area contributed by atoms with Crippen molar-refractivity contribution >= 4 is 24.7 Å². The molecule has 1 aliphatic heterocycles. The second kappa shape index (κ2) is 7.92. The van der Waals surface area contributed by atoms with Gasteiger partial charge in [-0.2, -0.15) is 4.91 Å². The molecule has 8 nitrogen and oxygen atoms in total. The summed E-state index contributed by atoms with van der Waals surface area (Å²) in [5.74, 6) is -1.16. The Labute approximate surface area is 152 Å². The molecule has 1 unspecified atom stereocenters. The summed E-state index contributed by atoms with van der Waals surface area (Å²) in [4.78, 5) is 40.5. The van der Waals surface area contributed by atoms with E-state index in [-0.39, 0.29) is 6.61 Å². The van der Waals surface area contributed by atoms with Crippen LogP contribution in [0.25, 0.3) is 0 Å². The first kappa shape index (κ1) is 19.3. The molecule has 1 saturated heterocycles. The molecule has 2 heterocycles. The fraction of sp³-hybridized carbons (Fsp3) is 0.562. The van der Waals surface area contributed by atoms with Gasteiger partial charge in [-0.25, -0.2) is 4.79 Å². The van der Waals surface area contributed by atoms with E-state index < -0.39 is 23.5 Å². The third-order valence-electron chi connectivity index (χ3n) is 4.49. The van der Waals surface area contributed by atoms with E-state index in [0.717, 1.165) is 0 Å². The summed E-state index contributed by atoms with van der Waals surface area (Å²) in [5.41, 5.74) is -0.951. The summed E-state index contributed by atoms with van der Waals surface area (Å²) in [7, 11) is 1.92. The Kier molecular flexibility index (Phi) is 6.12. The average Bonchev–Trinajstić information content (AvgIpc) is 2.61. The number of ether oxygens (including phenoxy) is 1. The van der Waals surface area contributed by atoms with Gasteiger partial charge in [0.15, 0.2) is 6.04 Å². The maximum atomic E-state index is 12.5. The quantitative estimate of drug-likeness (QED) is 0.342. The number of nitrogens with one attached hydrogen (secondary N) is 1. The van der Waals surface area contributed by atoms with E-state index in [1.165, 1.54) is 6.20 Å². The maximum Gasteiger partial charge on any atom is 0.331 e. The zero-order valence-electron chi connectivity index (χ0n) is 14.3. The van der Waals surface area contributed by atoms with E-state index in [1.54, 1.807) is 25.3 Å². The van der Waals surface area contributed by atoms with Crippen molar-refractivity contribution in [2.24, 2.45) is 5.18 Å². The molecule has 0 radical (unpaired) electrons. The molecule has 9 heteroatoms. The number of esters is 1. The third kappa shape index (κ3) is 4.55. The van der Waals surface area contributed by atoms with E-state index in [1.807, 2.05) is 7.05 Å². The van der Waals surface area contributed by atoms with E-state index in [2.05, 4.69) is 28.3 Å². The normalized spacial score (nSPS) is 27.2. The van der Waals surface area contributed by atoms with Gasteiger partial charge in [-0.15, -0.1) is 0 Å². The van der Waals surface area contributed by atoms with Crippen LogP contribution in [0.5, 0.6) is 0 Å². The summed E-state index contributed by atoms with van der Waals surface area (Å²) < 4.78 is 5.51. The maximum absolute atomic E-state index is 12.5. The Hall–Kier alpha value is -2.00. The predicted octanol–water partition coefficient (Wildman–Crippen LogP) is 1.33. The minimum atomic E-state index is -1.25. The van der Waals surface area contributed by atoms with Crippen LogP contribution in [0, 0.1) is 4.91 Å². The molecular formula is C16H23N4O4S+. The number of nitrogens with zero attached hydrogens (tertiary/aromatic N) is 3. The van der Waals surface area contributed by atoms with Crippen molar-refractivity contribution in [2.75, 3.05) is 26.7 Å². The van der Waals surface area contributed by atoms with Crippen molar-refractivity contribution in [3.63, 3.8) is 0 Å². The molecule has 136 valence electrons. The highest BCUT2D eigenvalue weighted by molar-refractivity contribution is 7.74. The molecule has 2 rings (SSSR count). The number of carbonyl (C=O) groups excluding carboxylic acids is 2. The molecule has 1 amide bonds. The number of pyridine rings is 1. The number of carbonyl (C=O) groups is 2. The second-order valence-corrected chi connectivity index (χ2v) is 7.35.